The van der Waals surface area contributed by atoms with Gasteiger partial charge in [-0.3, -0.25) is 19.2 Å². The lowest BCUT2D eigenvalue weighted by atomic mass is 10.1. The van der Waals surface area contributed by atoms with Gasteiger partial charge in [0, 0.05) is 37.4 Å². The molecule has 1 aromatic heterocycles. The number of aromatic nitrogens is 3. The average molecular weight is 495 g/mol. The Morgan fingerprint density at radius 2 is 1.69 bits per heavy atom. The molecule has 7 nitrogen and oxygen atoms in total. The third kappa shape index (κ3) is 5.22. The van der Waals surface area contributed by atoms with Crippen molar-refractivity contribution in [3.05, 3.63) is 70.5 Å². The van der Waals surface area contributed by atoms with E-state index >= 15 is 0 Å². The van der Waals surface area contributed by atoms with E-state index in [1.807, 2.05) is 27.8 Å². The molecular weight excluding hydrogens is 463 g/mol. The topological polar surface area (TPSA) is 49.5 Å². The summed E-state index contributed by atoms with van der Waals surface area (Å²) in [7, 11) is 0. The molecule has 2 fully saturated rings. The van der Waals surface area contributed by atoms with E-state index in [9.17, 15) is 9.18 Å². The minimum absolute atomic E-state index is 0.129. The highest BCUT2D eigenvalue weighted by atomic mass is 32.1. The van der Waals surface area contributed by atoms with Crippen LogP contribution in [0.25, 0.3) is 5.69 Å². The fourth-order valence-corrected chi connectivity index (χ4v) is 5.24. The summed E-state index contributed by atoms with van der Waals surface area (Å²) in [4.78, 5) is 18.3. The molecule has 3 aromatic rings. The summed E-state index contributed by atoms with van der Waals surface area (Å²) in [6.45, 7) is 7.98. The smallest absolute Gasteiger partial charge is 0.203 e. The summed E-state index contributed by atoms with van der Waals surface area (Å²) >= 11 is 5.88. The van der Waals surface area contributed by atoms with Gasteiger partial charge in [0.05, 0.1) is 18.9 Å². The molecule has 3 heterocycles. The second kappa shape index (κ2) is 10.4. The predicted octanol–water partition coefficient (Wildman–Crippen LogP) is 4.12. The fraction of sp³-hybridized carbons (Fsp3) is 0.423. The van der Waals surface area contributed by atoms with Crippen molar-refractivity contribution < 1.29 is 9.18 Å². The molecule has 35 heavy (non-hydrogen) atoms. The molecule has 0 spiro atoms. The fourth-order valence-electron chi connectivity index (χ4n) is 4.93. The van der Waals surface area contributed by atoms with E-state index in [-0.39, 0.29) is 11.6 Å². The van der Waals surface area contributed by atoms with Crippen molar-refractivity contribution in [2.24, 2.45) is 0 Å². The molecule has 2 aliphatic rings. The molecule has 0 atom stereocenters. The molecular formula is C26H31FN6OS. The summed E-state index contributed by atoms with van der Waals surface area (Å²) in [5.74, 6) is 0.493. The van der Waals surface area contributed by atoms with Crippen molar-refractivity contribution in [2.75, 3.05) is 44.2 Å². The number of carbonyl (C=O) groups is 1. The third-order valence-corrected chi connectivity index (χ3v) is 7.28. The van der Waals surface area contributed by atoms with Crippen molar-refractivity contribution in [2.45, 2.75) is 33.0 Å². The number of likely N-dealkylation sites (tertiary alicyclic amines) is 1. The predicted molar refractivity (Wildman–Crippen MR) is 137 cm³/mol. The van der Waals surface area contributed by atoms with E-state index in [0.29, 0.717) is 35.8 Å². The largest absolute Gasteiger partial charge is 0.367 e. The molecule has 0 bridgehead atoms. The average Bonchev–Trinajstić information content (AvgIpc) is 3.48. The Labute approximate surface area is 210 Å². The highest BCUT2D eigenvalue weighted by molar-refractivity contribution is 7.71. The van der Waals surface area contributed by atoms with Gasteiger partial charge in [-0.1, -0.05) is 18.2 Å². The molecule has 2 saturated heterocycles. The Balaban J connectivity index is 1.30. The van der Waals surface area contributed by atoms with Crippen molar-refractivity contribution in [3.8, 4) is 5.69 Å². The molecule has 9 heteroatoms. The van der Waals surface area contributed by atoms with Gasteiger partial charge >= 0.3 is 0 Å². The number of para-hydroxylation sites is 1. The van der Waals surface area contributed by atoms with Gasteiger partial charge in [0.15, 0.2) is 11.6 Å². The first-order chi connectivity index (χ1) is 17.0. The first-order valence-electron chi connectivity index (χ1n) is 12.2. The van der Waals surface area contributed by atoms with Gasteiger partial charge in [0.2, 0.25) is 4.77 Å². The molecule has 0 radical (unpaired) electrons. The maximum atomic E-state index is 14.6. The number of halogens is 1. The number of hydrogen-bond acceptors (Lipinski definition) is 6. The number of Topliss-reactive ketones (excluding diaryl/α,β-unsaturated/α-hetero) is 1. The number of hydrogen-bond donors (Lipinski definition) is 0. The lowest BCUT2D eigenvalue weighted by molar-refractivity contribution is 0.101. The summed E-state index contributed by atoms with van der Waals surface area (Å²) in [5.41, 5.74) is 1.98. The molecule has 5 rings (SSSR count). The molecule has 0 saturated carbocycles. The lowest BCUT2D eigenvalue weighted by Crippen LogP contribution is -2.47. The van der Waals surface area contributed by atoms with Gasteiger partial charge in [-0.25, -0.2) is 9.07 Å². The highest BCUT2D eigenvalue weighted by Crippen LogP contribution is 2.23. The number of ketones is 1. The van der Waals surface area contributed by atoms with E-state index in [2.05, 4.69) is 26.5 Å². The van der Waals surface area contributed by atoms with Gasteiger partial charge < -0.3 is 4.90 Å². The minimum atomic E-state index is -0.346. The van der Waals surface area contributed by atoms with Crippen LogP contribution in [0.1, 0.15) is 35.9 Å². The Morgan fingerprint density at radius 3 is 2.34 bits per heavy atom. The standard InChI is InChI=1S/C26H31FN6OS/c1-20(34)21-9-10-24(23(27)17-21)31-15-13-30(14-16-31)19-32-26(35)33(22-7-3-2-4-8-22)25(28-32)18-29-11-5-6-12-29/h2-4,7-10,17H,5-6,11-16,18-19H2,1H3. The van der Waals surface area contributed by atoms with Crippen molar-refractivity contribution in [1.29, 1.82) is 0 Å². The van der Waals surface area contributed by atoms with Crippen LogP contribution >= 0.6 is 12.2 Å². The SMILES string of the molecule is CC(=O)c1ccc(N2CCN(Cn3nc(CN4CCCC4)n(-c4ccccc4)c3=S)CC2)c(F)c1. The van der Waals surface area contributed by atoms with Crippen LogP contribution in [0.5, 0.6) is 0 Å². The first-order valence-corrected chi connectivity index (χ1v) is 12.6. The molecule has 184 valence electrons. The maximum absolute atomic E-state index is 14.6. The van der Waals surface area contributed by atoms with E-state index in [1.54, 1.807) is 12.1 Å². The number of rotatable bonds is 7. The second-order valence-electron chi connectivity index (χ2n) is 9.32. The van der Waals surface area contributed by atoms with E-state index in [0.717, 1.165) is 44.2 Å². The monoisotopic (exact) mass is 494 g/mol. The zero-order chi connectivity index (χ0) is 24.4. The van der Waals surface area contributed by atoms with Gasteiger partial charge in [-0.05, 0) is 75.4 Å². The van der Waals surface area contributed by atoms with Crippen LogP contribution in [0.2, 0.25) is 0 Å². The van der Waals surface area contributed by atoms with E-state index < -0.39 is 0 Å². The molecule has 0 N–H and O–H groups in total. The van der Waals surface area contributed by atoms with E-state index in [4.69, 9.17) is 17.3 Å². The van der Waals surface area contributed by atoms with Crippen molar-refractivity contribution in [3.63, 3.8) is 0 Å². The summed E-state index contributed by atoms with van der Waals surface area (Å²) < 4.78 is 19.3. The number of benzene rings is 2. The zero-order valence-corrected chi connectivity index (χ0v) is 20.9. The maximum Gasteiger partial charge on any atom is 0.203 e. The second-order valence-corrected chi connectivity index (χ2v) is 9.69. The number of anilines is 1. The van der Waals surface area contributed by atoms with Crippen LogP contribution in [-0.2, 0) is 13.2 Å². The molecule has 2 aliphatic heterocycles. The third-order valence-electron chi connectivity index (χ3n) is 6.89. The number of piperazine rings is 1. The number of carbonyl (C=O) groups excluding carboxylic acids is 1. The minimum Gasteiger partial charge on any atom is -0.367 e. The molecule has 0 amide bonds. The first kappa shape index (κ1) is 23.8. The lowest BCUT2D eigenvalue weighted by Gasteiger charge is -2.36. The van der Waals surface area contributed by atoms with Crippen LogP contribution in [0, 0.1) is 10.6 Å². The van der Waals surface area contributed by atoms with Crippen LogP contribution < -0.4 is 4.90 Å². The van der Waals surface area contributed by atoms with Gasteiger partial charge in [-0.2, -0.15) is 5.10 Å². The Kier molecular flexibility index (Phi) is 7.08. The Morgan fingerprint density at radius 1 is 0.971 bits per heavy atom. The van der Waals surface area contributed by atoms with Crippen molar-refractivity contribution in [1.82, 2.24) is 24.1 Å². The van der Waals surface area contributed by atoms with Crippen molar-refractivity contribution >= 4 is 23.7 Å². The molecule has 0 aliphatic carbocycles. The van der Waals surface area contributed by atoms with Gasteiger partial charge in [-0.15, -0.1) is 0 Å². The number of nitrogens with zero attached hydrogens (tertiary/aromatic N) is 6. The summed E-state index contributed by atoms with van der Waals surface area (Å²) in [6.07, 6.45) is 2.46. The van der Waals surface area contributed by atoms with Crippen LogP contribution in [0.4, 0.5) is 10.1 Å². The van der Waals surface area contributed by atoms with Crippen LogP contribution in [0.3, 0.4) is 0 Å². The van der Waals surface area contributed by atoms with Gasteiger partial charge in [0.25, 0.3) is 0 Å². The Hall–Kier alpha value is -2.88. The van der Waals surface area contributed by atoms with E-state index in [1.165, 1.54) is 25.8 Å². The molecule has 0 unspecified atom stereocenters. The normalized spacial score (nSPS) is 17.3. The summed E-state index contributed by atoms with van der Waals surface area (Å²) in [6, 6.07) is 14.9. The van der Waals surface area contributed by atoms with Gasteiger partial charge in [0.1, 0.15) is 5.82 Å². The highest BCUT2D eigenvalue weighted by Gasteiger charge is 2.23. The summed E-state index contributed by atoms with van der Waals surface area (Å²) in [5, 5.41) is 4.95. The van der Waals surface area contributed by atoms with Crippen LogP contribution in [0.15, 0.2) is 48.5 Å². The quantitative estimate of drug-likeness (QED) is 0.364. The zero-order valence-electron chi connectivity index (χ0n) is 20.1. The Bertz CT molecular complexity index is 1240. The van der Waals surface area contributed by atoms with Crippen LogP contribution in [-0.4, -0.2) is 69.2 Å². The molecule has 2 aromatic carbocycles.